The van der Waals surface area contributed by atoms with Crippen molar-refractivity contribution < 1.29 is 17.7 Å². The minimum atomic E-state index is -4.09. The molecule has 2 heterocycles. The van der Waals surface area contributed by atoms with E-state index >= 15 is 0 Å². The van der Waals surface area contributed by atoms with E-state index < -0.39 is 22.0 Å². The van der Waals surface area contributed by atoms with Crippen LogP contribution in [0, 0.1) is 6.92 Å². The Kier molecular flexibility index (Phi) is 6.57. The molecule has 4 N–H and O–H groups in total. The number of pyridine rings is 1. The summed E-state index contributed by atoms with van der Waals surface area (Å²) in [6, 6.07) is 7.78. The largest absolute Gasteiger partial charge is 0.356 e. The van der Waals surface area contributed by atoms with Crippen molar-refractivity contribution in [3.8, 4) is 0 Å². The Bertz CT molecular complexity index is 1080. The Balaban J connectivity index is 1.82. The summed E-state index contributed by atoms with van der Waals surface area (Å²) in [7, 11) is -4.09. The molecule has 9 nitrogen and oxygen atoms in total. The second-order valence-corrected chi connectivity index (χ2v) is 8.30. The number of hydrogen-bond donors (Lipinski definition) is 3. The van der Waals surface area contributed by atoms with Gasteiger partial charge in [-0.3, -0.25) is 4.79 Å². The highest BCUT2D eigenvalue weighted by Crippen LogP contribution is 2.21. The molecule has 0 spiro atoms. The Morgan fingerprint density at radius 2 is 1.97 bits per heavy atom. The quantitative estimate of drug-likeness (QED) is 0.452. The standard InChI is InChI=1S/C19H23N5O4S/c1-13-5-7-14(8-6-13)23-18(25)16(4-2-3-10-20)24-29(26,27)19-15-12-22-28-17(15)9-11-21-19/h5-9,11-12,16,24H,2-4,10,20H2,1H3,(H,23,25)/t16-/m0/s1. The van der Waals surface area contributed by atoms with Gasteiger partial charge in [-0.25, -0.2) is 13.4 Å². The van der Waals surface area contributed by atoms with Gasteiger partial charge >= 0.3 is 0 Å². The third kappa shape index (κ3) is 5.17. The lowest BCUT2D eigenvalue weighted by Gasteiger charge is -2.18. The topological polar surface area (TPSA) is 140 Å². The van der Waals surface area contributed by atoms with Gasteiger partial charge in [0.2, 0.25) is 5.91 Å². The molecule has 0 fully saturated rings. The number of nitrogens with one attached hydrogen (secondary N) is 2. The number of unbranched alkanes of at least 4 members (excludes halogenated alkanes) is 1. The van der Waals surface area contributed by atoms with Crippen LogP contribution in [0.5, 0.6) is 0 Å². The molecular formula is C19H23N5O4S. The zero-order valence-electron chi connectivity index (χ0n) is 16.0. The Hall–Kier alpha value is -2.82. The molecule has 0 saturated carbocycles. The number of benzene rings is 1. The van der Waals surface area contributed by atoms with E-state index in [0.717, 1.165) is 5.56 Å². The van der Waals surface area contributed by atoms with Crippen LogP contribution in [0.4, 0.5) is 5.69 Å². The lowest BCUT2D eigenvalue weighted by molar-refractivity contribution is -0.117. The van der Waals surface area contributed by atoms with Crippen molar-refractivity contribution in [2.24, 2.45) is 5.73 Å². The number of fused-ring (bicyclic) bond motifs is 1. The van der Waals surface area contributed by atoms with Crippen LogP contribution in [0.1, 0.15) is 24.8 Å². The minimum absolute atomic E-state index is 0.233. The van der Waals surface area contributed by atoms with Crippen molar-refractivity contribution in [3.63, 3.8) is 0 Å². The van der Waals surface area contributed by atoms with Crippen molar-refractivity contribution in [1.29, 1.82) is 0 Å². The van der Waals surface area contributed by atoms with Crippen molar-refractivity contribution in [1.82, 2.24) is 14.9 Å². The van der Waals surface area contributed by atoms with Gasteiger partial charge in [0.25, 0.3) is 10.0 Å². The van der Waals surface area contributed by atoms with Gasteiger partial charge in [0.15, 0.2) is 10.6 Å². The average molecular weight is 417 g/mol. The summed E-state index contributed by atoms with van der Waals surface area (Å²) < 4.78 is 33.4. The molecule has 154 valence electrons. The number of nitrogens with two attached hydrogens (primary N) is 1. The molecular weight excluding hydrogens is 394 g/mol. The first kappa shape index (κ1) is 20.9. The monoisotopic (exact) mass is 417 g/mol. The summed E-state index contributed by atoms with van der Waals surface area (Å²) in [6.45, 7) is 2.40. The highest BCUT2D eigenvalue weighted by Gasteiger charge is 2.28. The van der Waals surface area contributed by atoms with Gasteiger partial charge in [0.1, 0.15) is 6.04 Å². The lowest BCUT2D eigenvalue weighted by Crippen LogP contribution is -2.44. The number of aryl methyl sites for hydroxylation is 1. The van der Waals surface area contributed by atoms with Crippen molar-refractivity contribution in [2.45, 2.75) is 37.3 Å². The van der Waals surface area contributed by atoms with Crippen LogP contribution in [0.25, 0.3) is 11.0 Å². The summed E-state index contributed by atoms with van der Waals surface area (Å²) in [6.07, 6.45) is 4.17. The summed E-state index contributed by atoms with van der Waals surface area (Å²) in [4.78, 5) is 16.7. The van der Waals surface area contributed by atoms with Crippen LogP contribution in [0.2, 0.25) is 0 Å². The molecule has 1 aromatic carbocycles. The van der Waals surface area contributed by atoms with Gasteiger partial charge < -0.3 is 15.6 Å². The fourth-order valence-electron chi connectivity index (χ4n) is 2.83. The summed E-state index contributed by atoms with van der Waals surface area (Å²) in [5.74, 6) is -0.452. The first-order valence-electron chi connectivity index (χ1n) is 9.20. The number of carbonyl (C=O) groups is 1. The molecule has 1 amide bonds. The highest BCUT2D eigenvalue weighted by molar-refractivity contribution is 7.89. The molecule has 0 aliphatic carbocycles. The number of sulfonamides is 1. The lowest BCUT2D eigenvalue weighted by atomic mass is 10.1. The molecule has 0 bridgehead atoms. The average Bonchev–Trinajstić information content (AvgIpc) is 3.17. The van der Waals surface area contributed by atoms with Gasteiger partial charge in [-0.05, 0) is 38.4 Å². The molecule has 0 aliphatic heterocycles. The highest BCUT2D eigenvalue weighted by atomic mass is 32.2. The predicted molar refractivity (Wildman–Crippen MR) is 109 cm³/mol. The molecule has 10 heteroatoms. The number of amides is 1. The van der Waals surface area contributed by atoms with Crippen LogP contribution in [0.15, 0.2) is 52.3 Å². The number of nitrogens with zero attached hydrogens (tertiary/aromatic N) is 2. The van der Waals surface area contributed by atoms with E-state index in [0.29, 0.717) is 37.1 Å². The number of anilines is 1. The number of rotatable bonds is 9. The number of carbonyl (C=O) groups excluding carboxylic acids is 1. The molecule has 3 rings (SSSR count). The molecule has 29 heavy (non-hydrogen) atoms. The van der Waals surface area contributed by atoms with E-state index in [1.165, 1.54) is 18.5 Å². The molecule has 0 unspecified atom stereocenters. The van der Waals surface area contributed by atoms with E-state index in [2.05, 4.69) is 20.2 Å². The molecule has 0 radical (unpaired) electrons. The van der Waals surface area contributed by atoms with Gasteiger partial charge in [-0.1, -0.05) is 29.3 Å². The maximum absolute atomic E-state index is 12.9. The summed E-state index contributed by atoms with van der Waals surface area (Å²) in [5.41, 5.74) is 7.46. The third-order valence-corrected chi connectivity index (χ3v) is 5.81. The van der Waals surface area contributed by atoms with E-state index in [4.69, 9.17) is 10.3 Å². The van der Waals surface area contributed by atoms with E-state index in [1.54, 1.807) is 12.1 Å². The van der Waals surface area contributed by atoms with Gasteiger partial charge in [0.05, 0.1) is 11.6 Å². The van der Waals surface area contributed by atoms with Crippen molar-refractivity contribution in [3.05, 3.63) is 48.3 Å². The second-order valence-electron chi connectivity index (χ2n) is 6.67. The third-order valence-electron chi connectivity index (χ3n) is 4.38. The first-order valence-corrected chi connectivity index (χ1v) is 10.7. The van der Waals surface area contributed by atoms with E-state index in [-0.39, 0.29) is 10.4 Å². The number of aromatic nitrogens is 2. The Labute approximate surface area is 168 Å². The maximum atomic E-state index is 12.9. The van der Waals surface area contributed by atoms with Crippen LogP contribution in [-0.4, -0.2) is 37.1 Å². The molecule has 1 atom stereocenters. The van der Waals surface area contributed by atoms with Gasteiger partial charge in [-0.2, -0.15) is 4.72 Å². The normalized spacial score (nSPS) is 12.8. The SMILES string of the molecule is Cc1ccc(NC(=O)[C@H](CCCCN)NS(=O)(=O)c2nccc3oncc23)cc1. The molecule has 3 aromatic rings. The zero-order chi connectivity index (χ0) is 20.9. The van der Waals surface area contributed by atoms with Gasteiger partial charge in [-0.15, -0.1) is 0 Å². The number of hydrogen-bond acceptors (Lipinski definition) is 7. The van der Waals surface area contributed by atoms with Crippen molar-refractivity contribution >= 4 is 32.6 Å². The molecule has 2 aromatic heterocycles. The fraction of sp³-hybridized carbons (Fsp3) is 0.316. The van der Waals surface area contributed by atoms with Crippen LogP contribution >= 0.6 is 0 Å². The predicted octanol–water partition coefficient (Wildman–Crippen LogP) is 1.95. The summed E-state index contributed by atoms with van der Waals surface area (Å²) in [5, 5.41) is 6.38. The van der Waals surface area contributed by atoms with E-state index in [1.807, 2.05) is 19.1 Å². The molecule has 0 aliphatic rings. The van der Waals surface area contributed by atoms with Crippen LogP contribution in [0.3, 0.4) is 0 Å². The zero-order valence-corrected chi connectivity index (χ0v) is 16.8. The van der Waals surface area contributed by atoms with Crippen LogP contribution < -0.4 is 15.8 Å². The van der Waals surface area contributed by atoms with Crippen LogP contribution in [-0.2, 0) is 14.8 Å². The van der Waals surface area contributed by atoms with Crippen molar-refractivity contribution in [2.75, 3.05) is 11.9 Å². The van der Waals surface area contributed by atoms with Gasteiger partial charge in [0, 0.05) is 18.0 Å². The summed E-state index contributed by atoms with van der Waals surface area (Å²) >= 11 is 0. The minimum Gasteiger partial charge on any atom is -0.356 e. The first-order chi connectivity index (χ1) is 13.9. The molecule has 0 saturated heterocycles. The maximum Gasteiger partial charge on any atom is 0.259 e. The fourth-order valence-corrected chi connectivity index (χ4v) is 4.19. The van der Waals surface area contributed by atoms with E-state index in [9.17, 15) is 13.2 Å². The smallest absolute Gasteiger partial charge is 0.259 e. The Morgan fingerprint density at radius 3 is 2.69 bits per heavy atom. The Morgan fingerprint density at radius 1 is 1.21 bits per heavy atom. The second kappa shape index (κ2) is 9.12.